The fraction of sp³-hybridized carbons (Fsp3) is 0.583. The smallest absolute Gasteiger partial charge is 0.355 e. The highest BCUT2D eigenvalue weighted by Crippen LogP contribution is 2.24. The van der Waals surface area contributed by atoms with Gasteiger partial charge in [-0.15, -0.1) is 4.68 Å². The highest BCUT2D eigenvalue weighted by atomic mass is 79.9. The van der Waals surface area contributed by atoms with Gasteiger partial charge in [-0.25, -0.2) is 14.0 Å². The number of aldehydes is 1. The van der Waals surface area contributed by atoms with Crippen molar-refractivity contribution in [3.05, 3.63) is 39.0 Å². The quantitative estimate of drug-likeness (QED) is 0.204. The van der Waals surface area contributed by atoms with Crippen LogP contribution >= 0.6 is 15.9 Å². The maximum Gasteiger partial charge on any atom is 0.377 e. The first-order valence-corrected chi connectivity index (χ1v) is 13.1. The van der Waals surface area contributed by atoms with Crippen LogP contribution in [-0.4, -0.2) is 62.0 Å². The fourth-order valence-electron chi connectivity index (χ4n) is 4.47. The van der Waals surface area contributed by atoms with Crippen molar-refractivity contribution in [1.29, 1.82) is 0 Å². The molecule has 1 aliphatic rings. The summed E-state index contributed by atoms with van der Waals surface area (Å²) in [6, 6.07) is 3.51. The summed E-state index contributed by atoms with van der Waals surface area (Å²) in [6.07, 6.45) is 6.16. The number of para-hydroxylation sites is 1. The van der Waals surface area contributed by atoms with Crippen LogP contribution < -0.4 is 11.0 Å². The van der Waals surface area contributed by atoms with Crippen molar-refractivity contribution in [1.82, 2.24) is 30.0 Å². The van der Waals surface area contributed by atoms with Crippen molar-refractivity contribution >= 4 is 34.2 Å². The average molecular weight is 567 g/mol. The Morgan fingerprint density at radius 3 is 2.61 bits per heavy atom. The lowest BCUT2D eigenvalue weighted by atomic mass is 9.94. The predicted octanol–water partition coefficient (Wildman–Crippen LogP) is 3.30. The highest BCUT2D eigenvalue weighted by Gasteiger charge is 2.29. The van der Waals surface area contributed by atoms with Crippen molar-refractivity contribution in [2.75, 3.05) is 13.1 Å². The molecule has 0 unspecified atom stereocenters. The summed E-state index contributed by atoms with van der Waals surface area (Å²) in [5.41, 5.74) is -0.998. The number of halogens is 2. The number of carbonyl (C=O) groups excluding carboxylic acids is 3. The van der Waals surface area contributed by atoms with Crippen molar-refractivity contribution in [2.45, 2.75) is 64.8 Å². The van der Waals surface area contributed by atoms with Gasteiger partial charge in [-0.1, -0.05) is 39.2 Å². The summed E-state index contributed by atoms with van der Waals surface area (Å²) in [6.45, 7) is 4.45. The third kappa shape index (κ3) is 6.65. The first-order valence-electron chi connectivity index (χ1n) is 12.3. The van der Waals surface area contributed by atoms with E-state index >= 15 is 0 Å². The van der Waals surface area contributed by atoms with Gasteiger partial charge in [0, 0.05) is 23.6 Å². The van der Waals surface area contributed by atoms with Gasteiger partial charge in [0.05, 0.1) is 5.92 Å². The van der Waals surface area contributed by atoms with Crippen LogP contribution in [0.1, 0.15) is 58.8 Å². The molecule has 0 spiro atoms. The number of nitrogens with zero attached hydrogens (tertiary/aromatic N) is 5. The molecule has 0 aliphatic heterocycles. The molecule has 0 radical (unpaired) electrons. The third-order valence-corrected chi connectivity index (χ3v) is 6.91. The number of hydrogen-bond donors (Lipinski definition) is 1. The van der Waals surface area contributed by atoms with Gasteiger partial charge >= 0.3 is 11.7 Å². The molecule has 1 heterocycles. The number of carbonyl (C=O) groups is 3. The monoisotopic (exact) mass is 566 g/mol. The molecule has 1 N–H and O–H groups in total. The summed E-state index contributed by atoms with van der Waals surface area (Å²) in [5, 5.41) is 10.2. The first-order chi connectivity index (χ1) is 17.2. The van der Waals surface area contributed by atoms with E-state index in [0.717, 1.165) is 36.8 Å². The van der Waals surface area contributed by atoms with Crippen molar-refractivity contribution in [3.63, 3.8) is 0 Å². The summed E-state index contributed by atoms with van der Waals surface area (Å²) in [4.78, 5) is 51.6. The van der Waals surface area contributed by atoms with Gasteiger partial charge < -0.3 is 15.0 Å². The third-order valence-electron chi connectivity index (χ3n) is 6.27. The minimum atomic E-state index is -0.873. The van der Waals surface area contributed by atoms with Crippen molar-refractivity contribution in [3.8, 4) is 5.69 Å². The van der Waals surface area contributed by atoms with Crippen molar-refractivity contribution in [2.24, 2.45) is 11.8 Å². The molecule has 36 heavy (non-hydrogen) atoms. The second-order valence-electron chi connectivity index (χ2n) is 9.44. The van der Waals surface area contributed by atoms with Gasteiger partial charge in [-0.3, -0.25) is 4.79 Å². The molecule has 0 bridgehead atoms. The van der Waals surface area contributed by atoms with E-state index in [1.54, 1.807) is 11.0 Å². The normalized spacial score (nSPS) is 15.0. The molecule has 1 aliphatic carbocycles. The Morgan fingerprint density at radius 1 is 1.25 bits per heavy atom. The number of hydrogen-bond acceptors (Lipinski definition) is 6. The number of rotatable bonds is 10. The average Bonchev–Trinajstić information content (AvgIpc) is 3.23. The number of tetrazole rings is 1. The molecular formula is C24H32BrFN6O4. The number of benzene rings is 1. The Morgan fingerprint density at radius 2 is 1.97 bits per heavy atom. The van der Waals surface area contributed by atoms with Gasteiger partial charge in [0.1, 0.15) is 17.8 Å². The maximum atomic E-state index is 14.4. The molecule has 196 valence electrons. The molecule has 10 nitrogen and oxygen atoms in total. The number of aromatic nitrogens is 4. The highest BCUT2D eigenvalue weighted by molar-refractivity contribution is 9.10. The van der Waals surface area contributed by atoms with Crippen LogP contribution in [0.3, 0.4) is 0 Å². The summed E-state index contributed by atoms with van der Waals surface area (Å²) < 4.78 is 16.1. The molecule has 2 amide bonds. The maximum absolute atomic E-state index is 14.4. The zero-order valence-corrected chi connectivity index (χ0v) is 22.1. The molecule has 0 saturated heterocycles. The molecule has 3 rings (SSSR count). The SMILES string of the molecule is CC(C)C[C@@H](C=O)C(=O)NCCCN(C(=O)n1nnn(-c2c(F)cccc2Br)c1=O)C1CCCCC1. The standard InChI is InChI=1S/C24H32BrFN6O4/c1-16(2)14-17(15-33)22(34)27-12-7-13-30(18-8-4-3-5-9-18)23(35)32-24(36)31(28-29-32)21-19(25)10-6-11-20(21)26/h6,10-11,15-18H,3-5,7-9,12-14H2,1-2H3,(H,27,34)/t17-/m0/s1. The first kappa shape index (κ1) is 27.7. The Bertz CT molecular complexity index is 1110. The van der Waals surface area contributed by atoms with Crippen LogP contribution in [0.4, 0.5) is 9.18 Å². The van der Waals surface area contributed by atoms with E-state index in [9.17, 15) is 23.6 Å². The van der Waals surface area contributed by atoms with Gasteiger partial charge in [0.25, 0.3) is 0 Å². The summed E-state index contributed by atoms with van der Waals surface area (Å²) in [7, 11) is 0. The Labute approximate surface area is 217 Å². The fourth-order valence-corrected chi connectivity index (χ4v) is 4.98. The topological polar surface area (TPSA) is 119 Å². The van der Waals surface area contributed by atoms with Gasteiger partial charge in [-0.2, -0.15) is 4.68 Å². The lowest BCUT2D eigenvalue weighted by molar-refractivity contribution is -0.129. The van der Waals surface area contributed by atoms with Gasteiger partial charge in [0.2, 0.25) is 5.91 Å². The Kier molecular flexibility index (Phi) is 9.91. The van der Waals surface area contributed by atoms with E-state index in [4.69, 9.17) is 0 Å². The lowest BCUT2D eigenvalue weighted by Gasteiger charge is -2.33. The van der Waals surface area contributed by atoms with Crippen LogP contribution in [0.25, 0.3) is 5.69 Å². The second-order valence-corrected chi connectivity index (χ2v) is 10.3. The summed E-state index contributed by atoms with van der Waals surface area (Å²) in [5.74, 6) is -1.50. The van der Waals surface area contributed by atoms with Crippen molar-refractivity contribution < 1.29 is 18.8 Å². The van der Waals surface area contributed by atoms with E-state index in [-0.39, 0.29) is 36.6 Å². The Balaban J connectivity index is 1.74. The lowest BCUT2D eigenvalue weighted by Crippen LogP contribution is -2.48. The molecule has 1 fully saturated rings. The van der Waals surface area contributed by atoms with Gasteiger partial charge in [-0.05, 0) is 70.1 Å². The van der Waals surface area contributed by atoms with Crippen LogP contribution in [0, 0.1) is 17.7 Å². The molecule has 2 aromatic rings. The van der Waals surface area contributed by atoms with E-state index in [0.29, 0.717) is 28.3 Å². The Hall–Kier alpha value is -2.89. The molecule has 1 atom stereocenters. The van der Waals surface area contributed by atoms with Crippen LogP contribution in [0.15, 0.2) is 27.5 Å². The zero-order valence-electron chi connectivity index (χ0n) is 20.5. The number of amides is 2. The van der Waals surface area contributed by atoms with E-state index in [1.165, 1.54) is 12.1 Å². The molecule has 1 saturated carbocycles. The number of nitrogens with one attached hydrogen (secondary N) is 1. The molecular weight excluding hydrogens is 535 g/mol. The zero-order chi connectivity index (χ0) is 26.2. The summed E-state index contributed by atoms with van der Waals surface area (Å²) >= 11 is 3.21. The molecule has 12 heteroatoms. The van der Waals surface area contributed by atoms with E-state index in [1.807, 2.05) is 13.8 Å². The van der Waals surface area contributed by atoms with Gasteiger partial charge in [0.15, 0.2) is 0 Å². The minimum Gasteiger partial charge on any atom is -0.355 e. The van der Waals surface area contributed by atoms with Crippen LogP contribution in [0.5, 0.6) is 0 Å². The predicted molar refractivity (Wildman–Crippen MR) is 134 cm³/mol. The molecule has 1 aromatic carbocycles. The van der Waals surface area contributed by atoms with E-state index < -0.39 is 23.5 Å². The van der Waals surface area contributed by atoms with Crippen LogP contribution in [-0.2, 0) is 9.59 Å². The van der Waals surface area contributed by atoms with E-state index in [2.05, 4.69) is 31.7 Å². The minimum absolute atomic E-state index is 0.0807. The second kappa shape index (κ2) is 12.9. The molecule has 1 aromatic heterocycles. The largest absolute Gasteiger partial charge is 0.377 e. The van der Waals surface area contributed by atoms with Crippen LogP contribution in [0.2, 0.25) is 0 Å².